The van der Waals surface area contributed by atoms with Gasteiger partial charge in [0.15, 0.2) is 15.7 Å². The number of anilines is 2. The highest BCUT2D eigenvalue weighted by Crippen LogP contribution is 2.24. The number of fused-ring (bicyclic) bond motifs is 1. The molecule has 1 fully saturated rings. The topological polar surface area (TPSA) is 134 Å². The zero-order valence-corrected chi connectivity index (χ0v) is 20.4. The number of hydrogen-bond acceptors (Lipinski definition) is 9. The van der Waals surface area contributed by atoms with Crippen LogP contribution in [-0.2, 0) is 9.84 Å². The molecule has 1 aliphatic heterocycles. The Balaban J connectivity index is 1.27. The van der Waals surface area contributed by atoms with Gasteiger partial charge in [-0.25, -0.2) is 17.9 Å². The fourth-order valence-electron chi connectivity index (χ4n) is 4.02. The number of amides is 1. The lowest BCUT2D eigenvalue weighted by Gasteiger charge is -2.26. The molecule has 0 atom stereocenters. The molecule has 0 radical (unpaired) electrons. The number of sulfone groups is 1. The number of nitrogens with one attached hydrogen (secondary N) is 2. The van der Waals surface area contributed by atoms with Crippen LogP contribution in [0.25, 0.3) is 17.0 Å². The Bertz CT molecular complexity index is 1460. The summed E-state index contributed by atoms with van der Waals surface area (Å²) in [7, 11) is -2.89. The van der Waals surface area contributed by atoms with Crippen LogP contribution in [0.1, 0.15) is 16.8 Å². The number of carbonyl (C=O) groups is 1. The summed E-state index contributed by atoms with van der Waals surface area (Å²) in [4.78, 5) is 28.2. The van der Waals surface area contributed by atoms with Gasteiger partial charge < -0.3 is 15.5 Å². The van der Waals surface area contributed by atoms with E-state index in [1.807, 2.05) is 36.5 Å². The zero-order valence-electron chi connectivity index (χ0n) is 19.5. The molecule has 5 heterocycles. The largest absolute Gasteiger partial charge is 0.352 e. The second-order valence-electron chi connectivity index (χ2n) is 8.49. The van der Waals surface area contributed by atoms with E-state index in [-0.39, 0.29) is 17.4 Å². The Labute approximate surface area is 208 Å². The van der Waals surface area contributed by atoms with Crippen LogP contribution >= 0.6 is 0 Å². The predicted molar refractivity (Wildman–Crippen MR) is 136 cm³/mol. The van der Waals surface area contributed by atoms with E-state index >= 15 is 0 Å². The summed E-state index contributed by atoms with van der Waals surface area (Å²) >= 11 is 0. The van der Waals surface area contributed by atoms with E-state index in [0.29, 0.717) is 48.2 Å². The van der Waals surface area contributed by atoms with Crippen LogP contribution in [-0.4, -0.2) is 81.5 Å². The lowest BCUT2D eigenvalue weighted by molar-refractivity contribution is 0.0952. The number of pyridine rings is 2. The summed E-state index contributed by atoms with van der Waals surface area (Å²) < 4.78 is 24.9. The van der Waals surface area contributed by atoms with Gasteiger partial charge in [0.1, 0.15) is 11.2 Å². The fourth-order valence-corrected chi connectivity index (χ4v) is 5.29. The molecule has 0 saturated carbocycles. The highest BCUT2D eigenvalue weighted by molar-refractivity contribution is 7.91. The molecule has 0 aliphatic carbocycles. The average Bonchev–Trinajstić information content (AvgIpc) is 3.37. The highest BCUT2D eigenvalue weighted by atomic mass is 32.2. The maximum Gasteiger partial charge on any atom is 0.254 e. The maximum absolute atomic E-state index is 13.0. The molecule has 11 nitrogen and oxygen atoms in total. The third-order valence-corrected chi connectivity index (χ3v) is 7.59. The molecule has 4 aromatic heterocycles. The first kappa shape index (κ1) is 23.8. The minimum absolute atomic E-state index is 0.199. The van der Waals surface area contributed by atoms with E-state index in [1.165, 1.54) is 6.20 Å². The van der Waals surface area contributed by atoms with Crippen LogP contribution in [0, 0.1) is 0 Å². The van der Waals surface area contributed by atoms with Gasteiger partial charge >= 0.3 is 0 Å². The van der Waals surface area contributed by atoms with Crippen molar-refractivity contribution >= 4 is 32.8 Å². The van der Waals surface area contributed by atoms with Crippen LogP contribution in [0.2, 0.25) is 0 Å². The van der Waals surface area contributed by atoms with E-state index in [0.717, 1.165) is 18.5 Å². The van der Waals surface area contributed by atoms with Gasteiger partial charge in [0.2, 0.25) is 5.82 Å². The monoisotopic (exact) mass is 506 g/mol. The molecule has 5 rings (SSSR count). The van der Waals surface area contributed by atoms with Gasteiger partial charge in [0, 0.05) is 44.4 Å². The summed E-state index contributed by atoms with van der Waals surface area (Å²) in [6.45, 7) is 2.29. The van der Waals surface area contributed by atoms with Crippen LogP contribution in [0.15, 0.2) is 61.2 Å². The lowest BCUT2D eigenvalue weighted by Crippen LogP contribution is -2.41. The highest BCUT2D eigenvalue weighted by Gasteiger charge is 2.21. The van der Waals surface area contributed by atoms with Crippen molar-refractivity contribution < 1.29 is 13.2 Å². The summed E-state index contributed by atoms with van der Waals surface area (Å²) in [5.74, 6) is 1.13. The Morgan fingerprint density at radius 1 is 1.06 bits per heavy atom. The van der Waals surface area contributed by atoms with Crippen LogP contribution in [0.3, 0.4) is 0 Å². The molecule has 12 heteroatoms. The van der Waals surface area contributed by atoms with Crippen molar-refractivity contribution in [2.75, 3.05) is 43.0 Å². The molecule has 0 spiro atoms. The number of hydrogen-bond donors (Lipinski definition) is 2. The molecule has 4 aromatic rings. The Hall–Kier alpha value is -3.90. The smallest absolute Gasteiger partial charge is 0.254 e. The van der Waals surface area contributed by atoms with E-state index in [9.17, 15) is 13.2 Å². The molecule has 186 valence electrons. The van der Waals surface area contributed by atoms with E-state index in [2.05, 4.69) is 35.6 Å². The quantitative estimate of drug-likeness (QED) is 0.343. The van der Waals surface area contributed by atoms with Crippen molar-refractivity contribution in [2.24, 2.45) is 0 Å². The molecular weight excluding hydrogens is 480 g/mol. The normalized spacial score (nSPS) is 15.6. The molecular formula is C24H26N8O3S. The van der Waals surface area contributed by atoms with Crippen molar-refractivity contribution in [3.8, 4) is 11.5 Å². The van der Waals surface area contributed by atoms with Gasteiger partial charge in [-0.15, -0.1) is 5.10 Å². The maximum atomic E-state index is 13.0. The molecule has 0 aromatic carbocycles. The number of rotatable bonds is 8. The third kappa shape index (κ3) is 5.50. The standard InChI is InChI=1S/C24H26N8O3S/c33-24(27-9-4-11-31-13-15-36(34,35)16-14-31)18-17-25-10-7-19(18)28-23-21-6-3-12-32(21)30-22(29-23)20-5-1-2-8-26-20/h1-3,5-8,10,12,17H,4,9,11,13-16H2,(H,27,33)(H,25,28,29,30). The van der Waals surface area contributed by atoms with E-state index < -0.39 is 9.84 Å². The summed E-state index contributed by atoms with van der Waals surface area (Å²) in [5, 5.41) is 10.8. The van der Waals surface area contributed by atoms with Gasteiger partial charge in [-0.3, -0.25) is 14.8 Å². The molecule has 1 saturated heterocycles. The van der Waals surface area contributed by atoms with Crippen molar-refractivity contribution in [1.82, 2.24) is 34.8 Å². The molecule has 1 aliphatic rings. The van der Waals surface area contributed by atoms with Gasteiger partial charge in [-0.2, -0.15) is 0 Å². The molecule has 2 N–H and O–H groups in total. The first-order chi connectivity index (χ1) is 17.5. The van der Waals surface area contributed by atoms with Crippen molar-refractivity contribution in [1.29, 1.82) is 0 Å². The minimum Gasteiger partial charge on any atom is -0.352 e. The van der Waals surface area contributed by atoms with Crippen LogP contribution in [0.5, 0.6) is 0 Å². The SMILES string of the molecule is O=C(NCCCN1CCS(=O)(=O)CC1)c1cnccc1Nc1nc(-c2ccccn2)nn2cccc12. The number of nitrogens with zero attached hydrogens (tertiary/aromatic N) is 6. The third-order valence-electron chi connectivity index (χ3n) is 5.98. The minimum atomic E-state index is -2.89. The average molecular weight is 507 g/mol. The predicted octanol–water partition coefficient (Wildman–Crippen LogP) is 1.78. The van der Waals surface area contributed by atoms with Gasteiger partial charge in [0.25, 0.3) is 5.91 Å². The number of carbonyl (C=O) groups excluding carboxylic acids is 1. The Morgan fingerprint density at radius 2 is 1.92 bits per heavy atom. The molecule has 36 heavy (non-hydrogen) atoms. The second-order valence-corrected chi connectivity index (χ2v) is 10.8. The summed E-state index contributed by atoms with van der Waals surface area (Å²) in [6.07, 6.45) is 7.36. The zero-order chi connectivity index (χ0) is 25.0. The van der Waals surface area contributed by atoms with E-state index in [4.69, 9.17) is 0 Å². The van der Waals surface area contributed by atoms with Crippen molar-refractivity contribution in [2.45, 2.75) is 6.42 Å². The summed E-state index contributed by atoms with van der Waals surface area (Å²) in [5.41, 5.74) is 2.35. The van der Waals surface area contributed by atoms with Gasteiger partial charge in [-0.1, -0.05) is 6.07 Å². The Kier molecular flexibility index (Phi) is 6.87. The number of aromatic nitrogens is 5. The van der Waals surface area contributed by atoms with Gasteiger partial charge in [-0.05, 0) is 43.3 Å². The van der Waals surface area contributed by atoms with Crippen LogP contribution < -0.4 is 10.6 Å². The summed E-state index contributed by atoms with van der Waals surface area (Å²) in [6, 6.07) is 11.0. The lowest BCUT2D eigenvalue weighted by atomic mass is 10.2. The molecule has 0 bridgehead atoms. The Morgan fingerprint density at radius 3 is 2.72 bits per heavy atom. The first-order valence-electron chi connectivity index (χ1n) is 11.7. The van der Waals surface area contributed by atoms with E-state index in [1.54, 1.807) is 23.0 Å². The second kappa shape index (κ2) is 10.4. The van der Waals surface area contributed by atoms with Crippen molar-refractivity contribution in [3.63, 3.8) is 0 Å². The van der Waals surface area contributed by atoms with Gasteiger partial charge in [0.05, 0.1) is 22.8 Å². The van der Waals surface area contributed by atoms with Crippen molar-refractivity contribution in [3.05, 3.63) is 66.7 Å². The fraction of sp³-hybridized carbons (Fsp3) is 0.292. The van der Waals surface area contributed by atoms with Crippen LogP contribution in [0.4, 0.5) is 11.5 Å². The molecule has 0 unspecified atom stereocenters. The first-order valence-corrected chi connectivity index (χ1v) is 13.5. The molecule has 1 amide bonds.